The van der Waals surface area contributed by atoms with Gasteiger partial charge in [-0.2, -0.15) is 0 Å². The van der Waals surface area contributed by atoms with E-state index >= 15 is 0 Å². The van der Waals surface area contributed by atoms with Crippen molar-refractivity contribution in [3.05, 3.63) is 65.5 Å². The van der Waals surface area contributed by atoms with Crippen LogP contribution in [0.3, 0.4) is 0 Å². The molecule has 5 heteroatoms. The monoisotopic (exact) mass is 316 g/mol. The number of likely N-dealkylation sites (N-methyl/N-ethyl adjacent to an activating group) is 2. The minimum Gasteiger partial charge on any atom is -0.488 e. The highest BCUT2D eigenvalue weighted by Gasteiger charge is 2.16. The maximum Gasteiger partial charge on any atom is 0.257 e. The second-order valence-electron chi connectivity index (χ2n) is 5.24. The molecule has 1 N–H and O–H groups in total. The predicted molar refractivity (Wildman–Crippen MR) is 88.1 cm³/mol. The fraction of sp³-hybridized carbons (Fsp3) is 0.278. The third-order valence-corrected chi connectivity index (χ3v) is 3.47. The molecule has 4 nitrogen and oxygen atoms in total. The molecule has 0 aliphatic carbocycles. The van der Waals surface area contributed by atoms with E-state index in [2.05, 4.69) is 5.32 Å². The lowest BCUT2D eigenvalue weighted by Crippen LogP contribution is -2.33. The Balaban J connectivity index is 2.07. The molecule has 0 heterocycles. The molecule has 0 fully saturated rings. The van der Waals surface area contributed by atoms with Gasteiger partial charge in [-0.3, -0.25) is 4.79 Å². The summed E-state index contributed by atoms with van der Waals surface area (Å²) in [5.41, 5.74) is 1.37. The van der Waals surface area contributed by atoms with Gasteiger partial charge >= 0.3 is 0 Å². The number of halogens is 1. The van der Waals surface area contributed by atoms with Gasteiger partial charge in [0.2, 0.25) is 0 Å². The van der Waals surface area contributed by atoms with Crippen LogP contribution in [0.4, 0.5) is 4.39 Å². The smallest absolute Gasteiger partial charge is 0.257 e. The summed E-state index contributed by atoms with van der Waals surface area (Å²) in [7, 11) is 3.61. The molecule has 0 radical (unpaired) electrons. The predicted octanol–water partition coefficient (Wildman–Crippen LogP) is 2.70. The Labute approximate surface area is 135 Å². The van der Waals surface area contributed by atoms with Crippen molar-refractivity contribution >= 4 is 5.91 Å². The van der Waals surface area contributed by atoms with E-state index in [1.165, 1.54) is 12.1 Å². The number of rotatable bonds is 7. The average molecular weight is 316 g/mol. The molecule has 122 valence electrons. The number of carbonyl (C=O) groups is 1. The van der Waals surface area contributed by atoms with Crippen molar-refractivity contribution in [2.24, 2.45) is 0 Å². The topological polar surface area (TPSA) is 41.6 Å². The maximum absolute atomic E-state index is 12.9. The summed E-state index contributed by atoms with van der Waals surface area (Å²) >= 11 is 0. The number of nitrogens with zero attached hydrogens (tertiary/aromatic N) is 1. The Morgan fingerprint density at radius 1 is 1.17 bits per heavy atom. The SMILES string of the molecule is CNCCN(C)C(=O)c1ccccc1OCc1ccc(F)cc1. The molecule has 2 aromatic carbocycles. The van der Waals surface area contributed by atoms with Crippen LogP contribution >= 0.6 is 0 Å². The lowest BCUT2D eigenvalue weighted by atomic mass is 10.1. The average Bonchev–Trinajstić information content (AvgIpc) is 2.58. The largest absolute Gasteiger partial charge is 0.488 e. The number of amides is 1. The van der Waals surface area contributed by atoms with Crippen molar-refractivity contribution in [1.82, 2.24) is 10.2 Å². The van der Waals surface area contributed by atoms with Crippen LogP contribution in [-0.4, -0.2) is 38.0 Å². The van der Waals surface area contributed by atoms with Gasteiger partial charge in [0.15, 0.2) is 0 Å². The quantitative estimate of drug-likeness (QED) is 0.854. The Morgan fingerprint density at radius 3 is 2.57 bits per heavy atom. The molecule has 0 saturated carbocycles. The van der Waals surface area contributed by atoms with Crippen LogP contribution in [0.15, 0.2) is 48.5 Å². The van der Waals surface area contributed by atoms with Crippen LogP contribution in [0.25, 0.3) is 0 Å². The van der Waals surface area contributed by atoms with E-state index in [9.17, 15) is 9.18 Å². The van der Waals surface area contributed by atoms with Crippen LogP contribution < -0.4 is 10.1 Å². The normalized spacial score (nSPS) is 10.4. The van der Waals surface area contributed by atoms with Crippen molar-refractivity contribution in [2.75, 3.05) is 27.2 Å². The molecule has 0 saturated heterocycles. The van der Waals surface area contributed by atoms with Crippen LogP contribution in [-0.2, 0) is 6.61 Å². The van der Waals surface area contributed by atoms with Crippen LogP contribution in [0.2, 0.25) is 0 Å². The Hall–Kier alpha value is -2.40. The number of hydrogen-bond donors (Lipinski definition) is 1. The van der Waals surface area contributed by atoms with Gasteiger partial charge < -0.3 is 15.0 Å². The number of carbonyl (C=O) groups excluding carboxylic acids is 1. The number of benzene rings is 2. The van der Waals surface area contributed by atoms with Gasteiger partial charge in [0.1, 0.15) is 18.2 Å². The van der Waals surface area contributed by atoms with Gasteiger partial charge in [0.25, 0.3) is 5.91 Å². The zero-order valence-corrected chi connectivity index (χ0v) is 13.4. The molecule has 0 spiro atoms. The summed E-state index contributed by atoms with van der Waals surface area (Å²) in [6, 6.07) is 13.3. The summed E-state index contributed by atoms with van der Waals surface area (Å²) in [5, 5.41) is 3.01. The lowest BCUT2D eigenvalue weighted by molar-refractivity contribution is 0.0792. The van der Waals surface area contributed by atoms with Gasteiger partial charge in [0.05, 0.1) is 5.56 Å². The van der Waals surface area contributed by atoms with Crippen LogP contribution in [0.1, 0.15) is 15.9 Å². The van der Waals surface area contributed by atoms with Crippen LogP contribution in [0.5, 0.6) is 5.75 Å². The van der Waals surface area contributed by atoms with E-state index in [0.717, 1.165) is 12.1 Å². The molecule has 1 amide bonds. The second-order valence-corrected chi connectivity index (χ2v) is 5.24. The molecule has 0 atom stereocenters. The molecular formula is C18H21FN2O2. The van der Waals surface area contributed by atoms with Gasteiger partial charge in [-0.15, -0.1) is 0 Å². The molecular weight excluding hydrogens is 295 g/mol. The van der Waals surface area contributed by atoms with E-state index in [1.54, 1.807) is 36.2 Å². The van der Waals surface area contributed by atoms with Crippen molar-refractivity contribution in [3.63, 3.8) is 0 Å². The molecule has 0 unspecified atom stereocenters. The van der Waals surface area contributed by atoms with Gasteiger partial charge in [-0.1, -0.05) is 24.3 Å². The summed E-state index contributed by atoms with van der Waals surface area (Å²) in [4.78, 5) is 14.1. The highest BCUT2D eigenvalue weighted by molar-refractivity contribution is 5.96. The molecule has 0 bridgehead atoms. The fourth-order valence-electron chi connectivity index (χ4n) is 2.10. The Morgan fingerprint density at radius 2 is 1.87 bits per heavy atom. The van der Waals surface area contributed by atoms with Crippen molar-refractivity contribution in [2.45, 2.75) is 6.61 Å². The summed E-state index contributed by atoms with van der Waals surface area (Å²) in [5.74, 6) is 0.156. The van der Waals surface area contributed by atoms with Gasteiger partial charge in [-0.25, -0.2) is 4.39 Å². The molecule has 0 aliphatic heterocycles. The van der Waals surface area contributed by atoms with Crippen molar-refractivity contribution < 1.29 is 13.9 Å². The first-order chi connectivity index (χ1) is 11.1. The lowest BCUT2D eigenvalue weighted by Gasteiger charge is -2.19. The third-order valence-electron chi connectivity index (χ3n) is 3.47. The summed E-state index contributed by atoms with van der Waals surface area (Å²) in [6.45, 7) is 1.62. The minimum absolute atomic E-state index is 0.0880. The van der Waals surface area contributed by atoms with E-state index in [1.807, 2.05) is 19.2 Å². The Kier molecular flexibility index (Phi) is 6.11. The molecule has 0 aliphatic rings. The molecule has 2 rings (SSSR count). The van der Waals surface area contributed by atoms with Crippen LogP contribution in [0, 0.1) is 5.82 Å². The highest BCUT2D eigenvalue weighted by Crippen LogP contribution is 2.21. The molecule has 2 aromatic rings. The zero-order chi connectivity index (χ0) is 16.7. The van der Waals surface area contributed by atoms with Crippen molar-refractivity contribution in [3.8, 4) is 5.75 Å². The fourth-order valence-corrected chi connectivity index (χ4v) is 2.10. The number of nitrogens with one attached hydrogen (secondary N) is 1. The number of hydrogen-bond acceptors (Lipinski definition) is 3. The summed E-state index contributed by atoms with van der Waals surface area (Å²) in [6.07, 6.45) is 0. The molecule has 23 heavy (non-hydrogen) atoms. The second kappa shape index (κ2) is 8.29. The third kappa shape index (κ3) is 4.79. The van der Waals surface area contributed by atoms with E-state index < -0.39 is 0 Å². The number of ether oxygens (including phenoxy) is 1. The first kappa shape index (κ1) is 17.0. The summed E-state index contributed by atoms with van der Waals surface area (Å²) < 4.78 is 18.7. The molecule has 0 aromatic heterocycles. The van der Waals surface area contributed by atoms with E-state index in [4.69, 9.17) is 4.74 Å². The number of para-hydroxylation sites is 1. The Bertz CT molecular complexity index is 644. The van der Waals surface area contributed by atoms with Gasteiger partial charge in [-0.05, 0) is 36.9 Å². The van der Waals surface area contributed by atoms with E-state index in [0.29, 0.717) is 17.9 Å². The maximum atomic E-state index is 12.9. The first-order valence-electron chi connectivity index (χ1n) is 7.48. The zero-order valence-electron chi connectivity index (χ0n) is 13.4. The first-order valence-corrected chi connectivity index (χ1v) is 7.48. The minimum atomic E-state index is -0.282. The van der Waals surface area contributed by atoms with E-state index in [-0.39, 0.29) is 18.3 Å². The van der Waals surface area contributed by atoms with Gasteiger partial charge in [0, 0.05) is 20.1 Å². The standard InChI is InChI=1S/C18H21FN2O2/c1-20-11-12-21(2)18(22)16-5-3-4-6-17(16)23-13-14-7-9-15(19)10-8-14/h3-10,20H,11-13H2,1-2H3. The highest BCUT2D eigenvalue weighted by atomic mass is 19.1. The van der Waals surface area contributed by atoms with Crippen molar-refractivity contribution in [1.29, 1.82) is 0 Å².